The first-order chi connectivity index (χ1) is 37.1. The fraction of sp³-hybridized carbons (Fsp3) is 0.600. The Kier molecular flexibility index (Phi) is 15.5. The molecule has 1 aliphatic carbocycles. The lowest BCUT2D eigenvalue weighted by atomic mass is 9.84. The number of anilines is 2. The molecule has 0 radical (unpaired) electrons. The van der Waals surface area contributed by atoms with Crippen molar-refractivity contribution >= 4 is 51.9 Å². The number of likely N-dealkylation sites (tertiary alicyclic amines) is 1. The molecule has 2 aromatic heterocycles. The number of ether oxygens (including phenoxy) is 2. The van der Waals surface area contributed by atoms with E-state index in [9.17, 15) is 19.2 Å². The maximum absolute atomic E-state index is 15.6. The molecule has 4 amide bonds. The number of nitrogens with zero attached hydrogens (tertiary/aromatic N) is 7. The Labute approximate surface area is 458 Å². The van der Waals surface area contributed by atoms with Gasteiger partial charge >= 0.3 is 5.97 Å². The fourth-order valence-electron chi connectivity index (χ4n) is 13.0. The molecule has 3 saturated heterocycles. The van der Waals surface area contributed by atoms with Gasteiger partial charge in [-0.15, -0.1) is 0 Å². The lowest BCUT2D eigenvalue weighted by molar-refractivity contribution is -0.155. The predicted octanol–water partition coefficient (Wildman–Crippen LogP) is 6.90. The van der Waals surface area contributed by atoms with E-state index in [1.807, 2.05) is 39.1 Å². The van der Waals surface area contributed by atoms with Gasteiger partial charge < -0.3 is 39.4 Å². The van der Waals surface area contributed by atoms with Gasteiger partial charge in [-0.3, -0.25) is 38.9 Å². The fourth-order valence-corrected chi connectivity index (χ4v) is 13.0. The van der Waals surface area contributed by atoms with Crippen molar-refractivity contribution in [1.82, 2.24) is 40.0 Å². The van der Waals surface area contributed by atoms with Crippen molar-refractivity contribution in [2.45, 2.75) is 149 Å². The Hall–Kier alpha value is -6.11. The second kappa shape index (κ2) is 21.8. The first kappa shape index (κ1) is 55.2. The zero-order valence-electron chi connectivity index (χ0n) is 47.4. The molecule has 0 spiro atoms. The average molecular weight is 1070 g/mol. The summed E-state index contributed by atoms with van der Waals surface area (Å²) in [5, 5.41) is 9.15. The van der Waals surface area contributed by atoms with Crippen molar-refractivity contribution < 1.29 is 37.8 Å². The number of carbonyl (C=O) groups excluding carboxylic acids is 5. The van der Waals surface area contributed by atoms with Crippen LogP contribution in [-0.2, 0) is 52.8 Å². The first-order valence-corrected chi connectivity index (χ1v) is 28.5. The number of methoxy groups -OCH3 is 1. The molecule has 10 rings (SSSR count). The summed E-state index contributed by atoms with van der Waals surface area (Å²) in [6.07, 6.45) is 6.07. The number of halogens is 1. The number of pyridine rings is 1. The molecule has 5 aliphatic heterocycles. The Bertz CT molecular complexity index is 2960. The highest BCUT2D eigenvalue weighted by Crippen LogP contribution is 2.44. The van der Waals surface area contributed by atoms with Crippen molar-refractivity contribution in [3.8, 4) is 22.4 Å². The summed E-state index contributed by atoms with van der Waals surface area (Å²) in [6.45, 7) is 19.8. The Morgan fingerprint density at radius 2 is 1.68 bits per heavy atom. The van der Waals surface area contributed by atoms with Crippen LogP contribution in [0.15, 0.2) is 48.7 Å². The van der Waals surface area contributed by atoms with Gasteiger partial charge in [-0.25, -0.2) is 9.82 Å². The lowest BCUT2D eigenvalue weighted by Gasteiger charge is -2.38. The van der Waals surface area contributed by atoms with E-state index in [1.165, 1.54) is 41.5 Å². The first-order valence-electron chi connectivity index (χ1n) is 28.5. The van der Waals surface area contributed by atoms with E-state index in [0.29, 0.717) is 44.1 Å². The monoisotopic (exact) mass is 1070 g/mol. The molecule has 1 saturated carbocycles. The van der Waals surface area contributed by atoms with Gasteiger partial charge in [0.2, 0.25) is 11.8 Å². The number of rotatable bonds is 8. The summed E-state index contributed by atoms with van der Waals surface area (Å²) in [5.41, 5.74) is 9.58. The molecule has 420 valence electrons. The van der Waals surface area contributed by atoms with Crippen LogP contribution in [0.3, 0.4) is 0 Å². The number of alkyl halides is 1. The molecule has 2 aromatic carbocycles. The summed E-state index contributed by atoms with van der Waals surface area (Å²) in [5.74, 6) is -3.57. The van der Waals surface area contributed by atoms with E-state index in [2.05, 4.69) is 81.5 Å². The zero-order chi connectivity index (χ0) is 55.5. The molecule has 17 nitrogen and oxygen atoms in total. The number of hydrazine groups is 1. The standard InChI is InChI=1S/C60H81FN10O7/c1-11-69-49-17-14-38-29-44(49)46(53(69)45-30-42(32-63-51(45)36(4)77-10)68-23-21-67(22-24-68)41-15-16-41)31-59(5,6)34-78-57(75)47-13-12-19-71(65-47)56(74)48-27-37-25-39(38)28-40(26-37)62-33-50-43(18-20-70(50)58(76)60(7,8)61)55(73)66(9)52(35(2)3)54(72)64-48/h14,17,25-26,28-30,32,35-36,41,43,47-48,50,52,62,65H,11-13,15-16,18-24,27,31,33-34H2,1-10H3,(H,64,72)/t36-,43-,47-,48-,50+,52-/m0/s1. The predicted molar refractivity (Wildman–Crippen MR) is 299 cm³/mol. The minimum Gasteiger partial charge on any atom is -0.464 e. The third-order valence-electron chi connectivity index (χ3n) is 17.3. The normalized spacial score (nSPS) is 25.2. The quantitative estimate of drug-likeness (QED) is 0.156. The maximum atomic E-state index is 15.6. The number of cyclic esters (lactones) is 1. The number of amides is 4. The van der Waals surface area contributed by atoms with Crippen LogP contribution in [0.4, 0.5) is 15.8 Å². The number of piperazine rings is 1. The number of hydrogen-bond acceptors (Lipinski definition) is 12. The highest BCUT2D eigenvalue weighted by Gasteiger charge is 2.48. The highest BCUT2D eigenvalue weighted by molar-refractivity contribution is 5.97. The van der Waals surface area contributed by atoms with Crippen molar-refractivity contribution in [2.75, 3.05) is 76.8 Å². The van der Waals surface area contributed by atoms with Gasteiger partial charge in [0.1, 0.15) is 18.1 Å². The van der Waals surface area contributed by atoms with Gasteiger partial charge in [-0.2, -0.15) is 0 Å². The van der Waals surface area contributed by atoms with E-state index in [-0.39, 0.29) is 50.5 Å². The Morgan fingerprint density at radius 1 is 0.923 bits per heavy atom. The number of nitrogens with one attached hydrogen (secondary N) is 3. The second-order valence-corrected chi connectivity index (χ2v) is 24.5. The molecule has 8 bridgehead atoms. The molecule has 6 aliphatic rings. The van der Waals surface area contributed by atoms with Crippen LogP contribution in [0.25, 0.3) is 33.3 Å². The summed E-state index contributed by atoms with van der Waals surface area (Å²) < 4.78 is 30.3. The van der Waals surface area contributed by atoms with E-state index in [1.54, 1.807) is 14.2 Å². The number of fused-ring (bicyclic) bond motifs is 8. The van der Waals surface area contributed by atoms with Crippen molar-refractivity contribution in [3.05, 3.63) is 65.5 Å². The second-order valence-electron chi connectivity index (χ2n) is 24.5. The third-order valence-corrected chi connectivity index (χ3v) is 17.3. The largest absolute Gasteiger partial charge is 0.464 e. The SMILES string of the molecule is CCn1c(-c2cc(N3CCN(C4CC4)CC3)cnc2[C@H](C)OC)c2c3cc(ccc31)-c1cc3cc(c1)NC[C@@H]1[C@H](CCN1C(=O)C(C)(C)F)C(=O)N(C)[C@@H](C(C)C)C(=O)N[C@@H](C3)C(=O)N1CCC[C@H](N1)C(=O)OCC(C)(C)C2. The van der Waals surface area contributed by atoms with Crippen molar-refractivity contribution in [1.29, 1.82) is 0 Å². The van der Waals surface area contributed by atoms with Gasteiger partial charge in [-0.05, 0) is 125 Å². The van der Waals surface area contributed by atoms with Crippen LogP contribution in [0.5, 0.6) is 0 Å². The molecule has 6 atom stereocenters. The van der Waals surface area contributed by atoms with Crippen LogP contribution >= 0.6 is 0 Å². The molecule has 4 fully saturated rings. The molecule has 7 heterocycles. The van der Waals surface area contributed by atoms with Gasteiger partial charge in [0.25, 0.3) is 11.8 Å². The molecule has 78 heavy (non-hydrogen) atoms. The molecular formula is C60H81FN10O7. The number of benzene rings is 2. The minimum atomic E-state index is -2.18. The Balaban J connectivity index is 1.15. The van der Waals surface area contributed by atoms with Gasteiger partial charge in [0.15, 0.2) is 5.67 Å². The van der Waals surface area contributed by atoms with E-state index >= 15 is 9.18 Å². The van der Waals surface area contributed by atoms with Crippen LogP contribution in [0, 0.1) is 17.3 Å². The topological polar surface area (TPSA) is 174 Å². The molecule has 0 unspecified atom stereocenters. The minimum absolute atomic E-state index is 0.0625. The maximum Gasteiger partial charge on any atom is 0.324 e. The molecular weight excluding hydrogens is 992 g/mol. The average Bonchev–Trinajstić information content (AvgIpc) is 4.23. The number of carbonyl (C=O) groups is 5. The van der Waals surface area contributed by atoms with Gasteiger partial charge in [-0.1, -0.05) is 39.8 Å². The number of hydrogen-bond donors (Lipinski definition) is 3. The molecule has 3 N–H and O–H groups in total. The number of aryl methyl sites for hydroxylation is 1. The van der Waals surface area contributed by atoms with Crippen molar-refractivity contribution in [2.24, 2.45) is 17.3 Å². The number of esters is 1. The molecule has 18 heteroatoms. The lowest BCUT2D eigenvalue weighted by Crippen LogP contribution is -2.62. The van der Waals surface area contributed by atoms with Crippen molar-refractivity contribution in [3.63, 3.8) is 0 Å². The van der Waals surface area contributed by atoms with Crippen LogP contribution in [0.2, 0.25) is 0 Å². The van der Waals surface area contributed by atoms with Gasteiger partial charge in [0, 0.05) is 107 Å². The molecule has 4 aromatic rings. The highest BCUT2D eigenvalue weighted by atomic mass is 19.1. The zero-order valence-corrected chi connectivity index (χ0v) is 47.4. The summed E-state index contributed by atoms with van der Waals surface area (Å²) in [4.78, 5) is 85.8. The van der Waals surface area contributed by atoms with Crippen LogP contribution < -0.4 is 21.0 Å². The van der Waals surface area contributed by atoms with Crippen LogP contribution in [-0.4, -0.2) is 161 Å². The third kappa shape index (κ3) is 11.0. The summed E-state index contributed by atoms with van der Waals surface area (Å²) >= 11 is 0. The van der Waals surface area contributed by atoms with E-state index in [4.69, 9.17) is 14.5 Å². The summed E-state index contributed by atoms with van der Waals surface area (Å²) in [7, 11) is 3.30. The Morgan fingerprint density at radius 3 is 2.37 bits per heavy atom. The van der Waals surface area contributed by atoms with Gasteiger partial charge in [0.05, 0.1) is 47.9 Å². The van der Waals surface area contributed by atoms with E-state index < -0.39 is 64.9 Å². The number of likely N-dealkylation sites (N-methyl/N-ethyl adjacent to an activating group) is 1. The smallest absolute Gasteiger partial charge is 0.324 e. The van der Waals surface area contributed by atoms with E-state index in [0.717, 1.165) is 82.0 Å². The van der Waals surface area contributed by atoms with Crippen LogP contribution in [0.1, 0.15) is 110 Å². The summed E-state index contributed by atoms with van der Waals surface area (Å²) in [6, 6.07) is 11.9. The number of aromatic nitrogens is 2.